The van der Waals surface area contributed by atoms with Crippen LogP contribution >= 0.6 is 0 Å². The molecule has 0 aromatic rings. The Morgan fingerprint density at radius 3 is 2.67 bits per heavy atom. The van der Waals surface area contributed by atoms with Gasteiger partial charge in [-0.05, 0) is 63.3 Å². The van der Waals surface area contributed by atoms with Gasteiger partial charge in [0.25, 0.3) is 0 Å². The number of rotatable bonds is 2. The van der Waals surface area contributed by atoms with E-state index >= 15 is 0 Å². The van der Waals surface area contributed by atoms with Gasteiger partial charge in [0.2, 0.25) is 0 Å². The van der Waals surface area contributed by atoms with Crippen LogP contribution < -0.4 is 5.32 Å². The zero-order chi connectivity index (χ0) is 16.6. The molecule has 1 spiro atoms. The second-order valence-electron chi connectivity index (χ2n) is 7.75. The fourth-order valence-electron chi connectivity index (χ4n) is 5.11. The molecule has 3 N–H and O–H groups in total. The lowest BCUT2D eigenvalue weighted by molar-refractivity contribution is 0.0713. The number of nitrogens with one attached hydrogen (secondary N) is 3. The van der Waals surface area contributed by atoms with Gasteiger partial charge < -0.3 is 20.5 Å². The lowest BCUT2D eigenvalue weighted by Gasteiger charge is -2.46. The number of amidine groups is 1. The molecular formula is C19H29N5. The molecule has 0 bridgehead atoms. The second-order valence-corrected chi connectivity index (χ2v) is 7.75. The number of hydrogen-bond acceptors (Lipinski definition) is 4. The maximum absolute atomic E-state index is 7.79. The molecule has 0 radical (unpaired) electrons. The van der Waals surface area contributed by atoms with Crippen LogP contribution in [0.2, 0.25) is 0 Å². The van der Waals surface area contributed by atoms with Gasteiger partial charge >= 0.3 is 0 Å². The number of hydrogen-bond donors (Lipinski definition) is 3. The summed E-state index contributed by atoms with van der Waals surface area (Å²) in [6.45, 7) is 5.44. The highest BCUT2D eigenvalue weighted by atomic mass is 15.2. The molecule has 24 heavy (non-hydrogen) atoms. The molecule has 4 rings (SSSR count). The first-order valence-electron chi connectivity index (χ1n) is 9.44. The van der Waals surface area contributed by atoms with Crippen molar-refractivity contribution in [3.63, 3.8) is 0 Å². The van der Waals surface area contributed by atoms with Crippen molar-refractivity contribution >= 4 is 12.1 Å². The molecule has 2 saturated heterocycles. The van der Waals surface area contributed by atoms with E-state index in [0.717, 1.165) is 32.5 Å². The Labute approximate surface area is 144 Å². The summed E-state index contributed by atoms with van der Waals surface area (Å²) in [6, 6.07) is 0.672. The molecule has 0 aromatic carbocycles. The molecule has 0 unspecified atom stereocenters. The molecule has 5 heteroatoms. The van der Waals surface area contributed by atoms with E-state index in [9.17, 15) is 0 Å². The first-order valence-corrected chi connectivity index (χ1v) is 9.44. The summed E-state index contributed by atoms with van der Waals surface area (Å²) < 4.78 is 0. The summed E-state index contributed by atoms with van der Waals surface area (Å²) in [5.41, 5.74) is 3.56. The Bertz CT molecular complexity index is 575. The minimum absolute atomic E-state index is 0.368. The Morgan fingerprint density at radius 2 is 1.96 bits per heavy atom. The number of fused-ring (bicyclic) bond motifs is 1. The van der Waals surface area contributed by atoms with E-state index in [4.69, 9.17) is 10.8 Å². The van der Waals surface area contributed by atoms with Gasteiger partial charge in [-0.2, -0.15) is 0 Å². The molecule has 130 valence electrons. The minimum Gasteiger partial charge on any atom is -0.384 e. The lowest BCUT2D eigenvalue weighted by atomic mass is 9.71. The maximum Gasteiger partial charge on any atom is 0.138 e. The number of piperidine rings is 2. The zero-order valence-electron chi connectivity index (χ0n) is 14.5. The molecule has 5 nitrogen and oxygen atoms in total. The van der Waals surface area contributed by atoms with Crippen LogP contribution in [-0.2, 0) is 0 Å². The van der Waals surface area contributed by atoms with Gasteiger partial charge in [0, 0.05) is 36.8 Å². The van der Waals surface area contributed by atoms with Crippen molar-refractivity contribution in [2.75, 3.05) is 32.7 Å². The van der Waals surface area contributed by atoms with Gasteiger partial charge in [-0.3, -0.25) is 5.41 Å². The van der Waals surface area contributed by atoms with Crippen LogP contribution in [0.1, 0.15) is 38.5 Å². The molecule has 2 fully saturated rings. The normalized spacial score (nSPS) is 27.2. The Balaban J connectivity index is 1.34. The maximum atomic E-state index is 7.79. The molecule has 0 atom stereocenters. The standard InChI is InChI=1S/C19H29N5/c20-13-18(21)24-9-5-15(6-10-24)23-11-7-19(8-12-23)14-22-17-4-2-1-3-16(17)19/h2,4,13,15,20-22H,1,3,5-12,14H2. The average molecular weight is 327 g/mol. The molecule has 3 heterocycles. The fourth-order valence-corrected chi connectivity index (χ4v) is 5.11. The largest absolute Gasteiger partial charge is 0.384 e. The van der Waals surface area contributed by atoms with Gasteiger partial charge in [0.15, 0.2) is 0 Å². The van der Waals surface area contributed by atoms with Crippen LogP contribution in [0.25, 0.3) is 0 Å². The Hall–Kier alpha value is -1.62. The third kappa shape index (κ3) is 2.69. The van der Waals surface area contributed by atoms with Crippen LogP contribution in [-0.4, -0.2) is 60.6 Å². The molecule has 4 aliphatic rings. The third-order valence-electron chi connectivity index (χ3n) is 6.64. The summed E-state index contributed by atoms with van der Waals surface area (Å²) in [5.74, 6) is 0.368. The topological polar surface area (TPSA) is 66.2 Å². The van der Waals surface area contributed by atoms with Crippen molar-refractivity contribution in [1.82, 2.24) is 15.1 Å². The molecule has 0 amide bonds. The van der Waals surface area contributed by atoms with Crippen LogP contribution in [0.4, 0.5) is 0 Å². The van der Waals surface area contributed by atoms with Gasteiger partial charge in [-0.25, -0.2) is 0 Å². The van der Waals surface area contributed by atoms with Crippen molar-refractivity contribution in [3.8, 4) is 0 Å². The number of allylic oxidation sites excluding steroid dienone is 2. The highest BCUT2D eigenvalue weighted by Crippen LogP contribution is 2.46. The summed E-state index contributed by atoms with van der Waals surface area (Å²) in [7, 11) is 0. The van der Waals surface area contributed by atoms with Crippen molar-refractivity contribution in [2.24, 2.45) is 5.41 Å². The second kappa shape index (κ2) is 6.36. The zero-order valence-corrected chi connectivity index (χ0v) is 14.5. The summed E-state index contributed by atoms with van der Waals surface area (Å²) in [5, 5.41) is 18.7. The molecule has 1 aliphatic carbocycles. The van der Waals surface area contributed by atoms with E-state index in [1.54, 1.807) is 5.57 Å². The smallest absolute Gasteiger partial charge is 0.138 e. The fraction of sp³-hybridized carbons (Fsp3) is 0.684. The molecule has 0 aromatic heterocycles. The highest BCUT2D eigenvalue weighted by Gasteiger charge is 2.43. The quantitative estimate of drug-likeness (QED) is 0.539. The van der Waals surface area contributed by atoms with Gasteiger partial charge in [-0.15, -0.1) is 0 Å². The Morgan fingerprint density at radius 1 is 1.21 bits per heavy atom. The molecule has 3 aliphatic heterocycles. The SMILES string of the molecule is N=CC(=N)N1CCC(N2CCC3(CC2)CNC2=C3CCC=C2)CC1. The Kier molecular flexibility index (Phi) is 4.21. The van der Waals surface area contributed by atoms with Crippen LogP contribution in [0.5, 0.6) is 0 Å². The van der Waals surface area contributed by atoms with E-state index in [1.807, 2.05) is 4.90 Å². The first kappa shape index (κ1) is 15.9. The molecule has 0 saturated carbocycles. The van der Waals surface area contributed by atoms with Crippen molar-refractivity contribution in [1.29, 1.82) is 10.8 Å². The first-order chi connectivity index (χ1) is 11.7. The van der Waals surface area contributed by atoms with Crippen LogP contribution in [0.3, 0.4) is 0 Å². The predicted octanol–water partition coefficient (Wildman–Crippen LogP) is 2.37. The lowest BCUT2D eigenvalue weighted by Crippen LogP contribution is -2.51. The summed E-state index contributed by atoms with van der Waals surface area (Å²) in [4.78, 5) is 4.75. The van der Waals surface area contributed by atoms with Gasteiger partial charge in [0.05, 0.1) is 6.21 Å². The van der Waals surface area contributed by atoms with E-state index in [-0.39, 0.29) is 0 Å². The van der Waals surface area contributed by atoms with E-state index in [2.05, 4.69) is 22.4 Å². The minimum atomic E-state index is 0.368. The predicted molar refractivity (Wildman–Crippen MR) is 97.7 cm³/mol. The van der Waals surface area contributed by atoms with Crippen molar-refractivity contribution in [3.05, 3.63) is 23.4 Å². The van der Waals surface area contributed by atoms with Crippen molar-refractivity contribution in [2.45, 2.75) is 44.6 Å². The summed E-state index contributed by atoms with van der Waals surface area (Å²) in [6.07, 6.45) is 13.1. The monoisotopic (exact) mass is 327 g/mol. The van der Waals surface area contributed by atoms with Crippen LogP contribution in [0, 0.1) is 16.2 Å². The van der Waals surface area contributed by atoms with Gasteiger partial charge in [0.1, 0.15) is 5.84 Å². The number of nitrogens with zero attached hydrogens (tertiary/aromatic N) is 2. The summed E-state index contributed by atoms with van der Waals surface area (Å²) >= 11 is 0. The van der Waals surface area contributed by atoms with Gasteiger partial charge in [-0.1, -0.05) is 6.08 Å². The van der Waals surface area contributed by atoms with E-state index in [0.29, 0.717) is 17.3 Å². The van der Waals surface area contributed by atoms with Crippen molar-refractivity contribution < 1.29 is 0 Å². The average Bonchev–Trinajstić information content (AvgIpc) is 3.01. The number of likely N-dealkylation sites (tertiary alicyclic amines) is 2. The van der Waals surface area contributed by atoms with Crippen LogP contribution in [0.15, 0.2) is 23.4 Å². The highest BCUT2D eigenvalue weighted by molar-refractivity contribution is 6.26. The van der Waals surface area contributed by atoms with E-state index in [1.165, 1.54) is 50.7 Å². The molecular weight excluding hydrogens is 298 g/mol. The van der Waals surface area contributed by atoms with E-state index < -0.39 is 0 Å². The third-order valence-corrected chi connectivity index (χ3v) is 6.64.